The zero-order valence-electron chi connectivity index (χ0n) is 23.3. The topological polar surface area (TPSA) is 116 Å². The molecule has 2 bridgehead atoms. The molecule has 3 aromatic rings. The Bertz CT molecular complexity index is 1610. The third kappa shape index (κ3) is 6.30. The largest absolute Gasteiger partial charge is 0.340 e. The van der Waals surface area contributed by atoms with Crippen LogP contribution in [-0.2, 0) is 19.6 Å². The van der Waals surface area contributed by atoms with Crippen LogP contribution in [0.5, 0.6) is 0 Å². The van der Waals surface area contributed by atoms with E-state index in [1.54, 1.807) is 9.80 Å². The summed E-state index contributed by atoms with van der Waals surface area (Å²) in [7, 11) is -4.08. The lowest BCUT2D eigenvalue weighted by atomic mass is 10.0. The lowest BCUT2D eigenvalue weighted by Crippen LogP contribution is -2.58. The van der Waals surface area contributed by atoms with E-state index in [0.29, 0.717) is 35.8 Å². The molecule has 0 radical (unpaired) electrons. The van der Waals surface area contributed by atoms with Gasteiger partial charge in [-0.25, -0.2) is 8.42 Å². The van der Waals surface area contributed by atoms with Crippen LogP contribution < -0.4 is 10.0 Å². The molecule has 3 amide bonds. The van der Waals surface area contributed by atoms with Crippen LogP contribution in [0, 0.1) is 5.92 Å². The smallest absolute Gasteiger partial charge is 0.262 e. The maximum absolute atomic E-state index is 13.7. The van der Waals surface area contributed by atoms with Crippen LogP contribution >= 0.6 is 34.5 Å². The fourth-order valence-corrected chi connectivity index (χ4v) is 8.65. The molecule has 9 nitrogen and oxygen atoms in total. The van der Waals surface area contributed by atoms with Crippen LogP contribution in [0.3, 0.4) is 0 Å². The second-order valence-electron chi connectivity index (χ2n) is 11.2. The number of nitrogens with one attached hydrogen (secondary N) is 2. The molecule has 5 rings (SSSR count). The summed E-state index contributed by atoms with van der Waals surface area (Å²) < 4.78 is 29.2. The van der Waals surface area contributed by atoms with E-state index in [-0.39, 0.29) is 45.6 Å². The first-order valence-corrected chi connectivity index (χ1v) is 16.8. The van der Waals surface area contributed by atoms with Crippen LogP contribution in [-0.4, -0.2) is 73.2 Å². The van der Waals surface area contributed by atoms with Gasteiger partial charge in [-0.2, -0.15) is 4.72 Å². The summed E-state index contributed by atoms with van der Waals surface area (Å²) in [5.74, 6) is -0.648. The number of benzene rings is 2. The van der Waals surface area contributed by atoms with Gasteiger partial charge < -0.3 is 15.1 Å². The van der Waals surface area contributed by atoms with Crippen LogP contribution in [0.25, 0.3) is 10.1 Å². The average Bonchev–Trinajstić information content (AvgIpc) is 3.65. The monoisotopic (exact) mass is 650 g/mol. The Kier molecular flexibility index (Phi) is 8.87. The summed E-state index contributed by atoms with van der Waals surface area (Å²) in [6, 6.07) is 11.4. The number of piperazine rings is 1. The van der Waals surface area contributed by atoms with Gasteiger partial charge >= 0.3 is 0 Å². The molecule has 1 unspecified atom stereocenters. The molecule has 0 spiro atoms. The van der Waals surface area contributed by atoms with E-state index in [1.165, 1.54) is 36.5 Å². The van der Waals surface area contributed by atoms with Crippen molar-refractivity contribution in [2.75, 3.05) is 13.1 Å². The Labute approximate surface area is 259 Å². The number of hydrogen-bond acceptors (Lipinski definition) is 6. The van der Waals surface area contributed by atoms with Gasteiger partial charge in [-0.05, 0) is 61.4 Å². The molecule has 224 valence electrons. The number of nitrogens with zero attached hydrogens (tertiary/aromatic N) is 2. The molecular formula is C29H32Cl2N4O5S2. The van der Waals surface area contributed by atoms with Crippen LogP contribution in [0.2, 0.25) is 10.0 Å². The zero-order chi connectivity index (χ0) is 30.3. The van der Waals surface area contributed by atoms with Crippen molar-refractivity contribution in [3.05, 3.63) is 63.5 Å². The quantitative estimate of drug-likeness (QED) is 0.353. The number of fused-ring (bicyclic) bond motifs is 3. The number of halogens is 2. The molecule has 2 aliphatic rings. The fourth-order valence-electron chi connectivity index (χ4n) is 5.71. The Morgan fingerprint density at radius 1 is 0.976 bits per heavy atom. The predicted molar refractivity (Wildman–Crippen MR) is 164 cm³/mol. The maximum Gasteiger partial charge on any atom is 0.262 e. The highest BCUT2D eigenvalue weighted by atomic mass is 35.5. The van der Waals surface area contributed by atoms with Gasteiger partial charge in [0, 0.05) is 22.8 Å². The first kappa shape index (κ1) is 30.7. The van der Waals surface area contributed by atoms with Gasteiger partial charge in [-0.1, -0.05) is 55.2 Å². The molecule has 0 aliphatic carbocycles. The molecule has 2 fully saturated rings. The van der Waals surface area contributed by atoms with Crippen LogP contribution in [0.1, 0.15) is 43.3 Å². The van der Waals surface area contributed by atoms with E-state index >= 15 is 0 Å². The van der Waals surface area contributed by atoms with Gasteiger partial charge in [0.05, 0.1) is 28.0 Å². The molecule has 42 heavy (non-hydrogen) atoms. The Morgan fingerprint density at radius 2 is 1.64 bits per heavy atom. The molecule has 2 aromatic carbocycles. The van der Waals surface area contributed by atoms with Crippen molar-refractivity contribution in [3.8, 4) is 0 Å². The Hall–Kier alpha value is -2.70. The highest BCUT2D eigenvalue weighted by Gasteiger charge is 2.49. The Balaban J connectivity index is 1.23. The second kappa shape index (κ2) is 12.1. The van der Waals surface area contributed by atoms with Crippen molar-refractivity contribution < 1.29 is 22.8 Å². The highest BCUT2D eigenvalue weighted by Crippen LogP contribution is 2.33. The van der Waals surface area contributed by atoms with Crippen molar-refractivity contribution >= 4 is 72.4 Å². The molecule has 0 saturated carbocycles. The SMILES string of the molecule is CC(C)CC(NC(=O)c1cc2ccccc2s1)C(=O)N1C[C@@H]2C[C@H]1CN2C(=O)[C@H](C)NS(=O)(=O)c1ccc(Cl)cc1Cl. The Morgan fingerprint density at radius 3 is 2.26 bits per heavy atom. The van der Waals surface area contributed by atoms with Gasteiger partial charge in [0.2, 0.25) is 21.8 Å². The van der Waals surface area contributed by atoms with Crippen molar-refractivity contribution in [1.29, 1.82) is 0 Å². The van der Waals surface area contributed by atoms with Crippen molar-refractivity contribution in [2.24, 2.45) is 5.92 Å². The fraction of sp³-hybridized carbons (Fsp3) is 0.414. The standard InChI is InChI=1S/C29H32Cl2N4O5S2/c1-16(2)10-23(32-27(36)25-11-18-6-4-5-7-24(18)41-25)29(38)35-15-20-13-21(35)14-34(20)28(37)17(3)33-42(39,40)26-9-8-19(30)12-22(26)31/h4-9,11-12,16-17,20-21,23,33H,10,13-15H2,1-3H3,(H,32,36)/t17-,20-,21-,23?/m0/s1. The number of hydrogen-bond donors (Lipinski definition) is 2. The molecule has 13 heteroatoms. The lowest BCUT2D eigenvalue weighted by molar-refractivity contribution is -0.141. The number of carbonyl (C=O) groups is 3. The van der Waals surface area contributed by atoms with E-state index in [0.717, 1.165) is 10.1 Å². The number of rotatable bonds is 9. The van der Waals surface area contributed by atoms with Crippen molar-refractivity contribution in [3.63, 3.8) is 0 Å². The van der Waals surface area contributed by atoms with Crippen LogP contribution in [0.4, 0.5) is 0 Å². The summed E-state index contributed by atoms with van der Waals surface area (Å²) in [4.78, 5) is 44.0. The summed E-state index contributed by atoms with van der Waals surface area (Å²) in [6.07, 6.45) is 1.08. The van der Waals surface area contributed by atoms with E-state index in [1.807, 2.05) is 44.2 Å². The first-order chi connectivity index (χ1) is 19.8. The summed E-state index contributed by atoms with van der Waals surface area (Å²) in [6.45, 7) is 6.11. The second-order valence-corrected chi connectivity index (χ2v) is 14.9. The number of sulfonamides is 1. The minimum Gasteiger partial charge on any atom is -0.340 e. The van der Waals surface area contributed by atoms with E-state index in [2.05, 4.69) is 10.0 Å². The summed E-state index contributed by atoms with van der Waals surface area (Å²) >= 11 is 13.4. The van der Waals surface area contributed by atoms with E-state index in [9.17, 15) is 22.8 Å². The molecule has 1 aromatic heterocycles. The minimum absolute atomic E-state index is 0.0422. The van der Waals surface area contributed by atoms with Gasteiger partial charge in [0.15, 0.2) is 0 Å². The zero-order valence-corrected chi connectivity index (χ0v) is 26.5. The van der Waals surface area contributed by atoms with Crippen molar-refractivity contribution in [2.45, 2.75) is 62.7 Å². The number of carbonyl (C=O) groups excluding carboxylic acids is 3. The lowest BCUT2D eigenvalue weighted by Gasteiger charge is -2.37. The normalized spacial score (nSPS) is 19.9. The number of amides is 3. The molecule has 2 saturated heterocycles. The van der Waals surface area contributed by atoms with Gasteiger partial charge in [0.1, 0.15) is 10.9 Å². The number of likely N-dealkylation sites (tertiary alicyclic amines) is 2. The average molecular weight is 652 g/mol. The number of thiophene rings is 1. The summed E-state index contributed by atoms with van der Waals surface area (Å²) in [5, 5.41) is 4.20. The molecule has 2 N–H and O–H groups in total. The maximum atomic E-state index is 13.7. The summed E-state index contributed by atoms with van der Waals surface area (Å²) in [5.41, 5.74) is 0. The third-order valence-corrected chi connectivity index (χ3v) is 11.0. The van der Waals surface area contributed by atoms with E-state index < -0.39 is 22.1 Å². The predicted octanol–water partition coefficient (Wildman–Crippen LogP) is 4.53. The first-order valence-electron chi connectivity index (χ1n) is 13.7. The molecule has 4 atom stereocenters. The molecule has 2 aliphatic heterocycles. The van der Waals surface area contributed by atoms with Gasteiger partial charge in [-0.15, -0.1) is 11.3 Å². The minimum atomic E-state index is -4.08. The highest BCUT2D eigenvalue weighted by molar-refractivity contribution is 7.89. The molecular weight excluding hydrogens is 619 g/mol. The van der Waals surface area contributed by atoms with Crippen LogP contribution in [0.15, 0.2) is 53.4 Å². The van der Waals surface area contributed by atoms with Gasteiger partial charge in [-0.3, -0.25) is 14.4 Å². The van der Waals surface area contributed by atoms with Gasteiger partial charge in [0.25, 0.3) is 5.91 Å². The van der Waals surface area contributed by atoms with Crippen molar-refractivity contribution in [1.82, 2.24) is 19.8 Å². The van der Waals surface area contributed by atoms with E-state index in [4.69, 9.17) is 23.2 Å². The molecule has 3 heterocycles. The third-order valence-electron chi connectivity index (χ3n) is 7.65.